The summed E-state index contributed by atoms with van der Waals surface area (Å²) in [7, 11) is -10.6. The molecule has 0 aromatic heterocycles. The van der Waals surface area contributed by atoms with Crippen molar-refractivity contribution in [1.82, 2.24) is 0 Å². The molecule has 0 fully saturated rings. The molecule has 0 aliphatic heterocycles. The topological polar surface area (TPSA) is 147 Å². The molecule has 4 N–H and O–H groups in total. The van der Waals surface area contributed by atoms with Crippen molar-refractivity contribution < 1.29 is 131 Å². The molecule has 0 amide bonds. The molecule has 1 atom stereocenters. The fraction of sp³-hybridized carbons (Fsp3) is 1.00. The zero-order chi connectivity index (χ0) is 9.50. The molecule has 7 nitrogen and oxygen atoms in total. The van der Waals surface area contributed by atoms with Gasteiger partial charge in [0.15, 0.2) is 0 Å². The van der Waals surface area contributed by atoms with E-state index in [1.807, 2.05) is 0 Å². The Balaban J connectivity index is -0.000000500. The molecule has 0 saturated heterocycles. The Kier molecular flexibility index (Phi) is 11.9. The van der Waals surface area contributed by atoms with Gasteiger partial charge in [0.25, 0.3) is 0 Å². The van der Waals surface area contributed by atoms with Crippen LogP contribution in [0.4, 0.5) is 0 Å². The van der Waals surface area contributed by atoms with Gasteiger partial charge in [-0.25, -0.2) is 0 Å². The second-order valence-electron chi connectivity index (χ2n) is 2.14. The number of hydrogen-bond acceptors (Lipinski definition) is 5. The van der Waals surface area contributed by atoms with E-state index >= 15 is 0 Å². The van der Waals surface area contributed by atoms with Gasteiger partial charge in [0, 0.05) is 0 Å². The summed E-state index contributed by atoms with van der Waals surface area (Å²) in [4.78, 5) is 36.9. The molecule has 0 aromatic carbocycles. The Hall–Kier alpha value is 3.53. The van der Waals surface area contributed by atoms with Crippen LogP contribution in [-0.2, 0) is 9.13 Å². The molecule has 0 aliphatic rings. The Labute approximate surface area is 160 Å². The maximum atomic E-state index is 10.3. The van der Waals surface area contributed by atoms with Crippen molar-refractivity contribution in [2.45, 2.75) is 11.9 Å². The van der Waals surface area contributed by atoms with Crippen LogP contribution in [0.5, 0.6) is 0 Å². The fourth-order valence-electron chi connectivity index (χ4n) is 0.160. The van der Waals surface area contributed by atoms with Gasteiger partial charge < -0.3 is 29.9 Å². The Morgan fingerprint density at radius 2 is 1.46 bits per heavy atom. The molecule has 0 aliphatic carbocycles. The standard InChI is InChI=1S/C2H9NO6P2.2K/c1-2(3,10(4,5)6)11(7,8)9;;/h3H2,1H3,(H2,4,5,6)(H2,7,8,9);;/q;2*+1/p-2. The number of hydrogen-bond donors (Lipinski definition) is 3. The van der Waals surface area contributed by atoms with E-state index < -0.39 is 20.2 Å². The first-order valence-corrected chi connectivity index (χ1v) is 5.52. The average molecular weight is 281 g/mol. The molecule has 11 heteroatoms. The largest absolute Gasteiger partial charge is 1.00 e. The van der Waals surface area contributed by atoms with E-state index in [0.29, 0.717) is 6.92 Å². The van der Waals surface area contributed by atoms with Gasteiger partial charge in [0.2, 0.25) is 0 Å². The van der Waals surface area contributed by atoms with E-state index in [-0.39, 0.29) is 103 Å². The van der Waals surface area contributed by atoms with Gasteiger partial charge in [-0.2, -0.15) is 0 Å². The molecule has 0 saturated carbocycles. The summed E-state index contributed by atoms with van der Waals surface area (Å²) in [5, 5.41) is -3.01. The van der Waals surface area contributed by atoms with Crippen LogP contribution in [0, 0.1) is 0 Å². The van der Waals surface area contributed by atoms with Crippen molar-refractivity contribution in [1.29, 1.82) is 0 Å². The molecule has 68 valence electrons. The van der Waals surface area contributed by atoms with Gasteiger partial charge in [0.05, 0.1) is 0 Å². The third-order valence-corrected chi connectivity index (χ3v) is 4.95. The second-order valence-corrected chi connectivity index (χ2v) is 6.43. The van der Waals surface area contributed by atoms with Crippen LogP contribution >= 0.6 is 15.2 Å². The molecular weight excluding hydrogens is 274 g/mol. The summed E-state index contributed by atoms with van der Waals surface area (Å²) in [5.41, 5.74) is 4.62. The summed E-state index contributed by atoms with van der Waals surface area (Å²) < 4.78 is 20.5. The van der Waals surface area contributed by atoms with Crippen molar-refractivity contribution in [3.05, 3.63) is 0 Å². The minimum atomic E-state index is -5.48. The first kappa shape index (κ1) is 21.8. The first-order valence-electron chi connectivity index (χ1n) is 2.37. The predicted molar refractivity (Wildman–Crippen MR) is 32.2 cm³/mol. The summed E-state index contributed by atoms with van der Waals surface area (Å²) in [6, 6.07) is 0. The van der Waals surface area contributed by atoms with Crippen LogP contribution in [0.25, 0.3) is 0 Å². The van der Waals surface area contributed by atoms with Crippen molar-refractivity contribution in [2.75, 3.05) is 0 Å². The van der Waals surface area contributed by atoms with Crippen molar-refractivity contribution in [3.63, 3.8) is 0 Å². The normalized spacial score (nSPS) is 16.5. The van der Waals surface area contributed by atoms with Crippen molar-refractivity contribution >= 4 is 15.2 Å². The predicted octanol–water partition coefficient (Wildman–Crippen LogP) is -8.28. The molecule has 1 unspecified atom stereocenters. The maximum Gasteiger partial charge on any atom is 1.00 e. The summed E-state index contributed by atoms with van der Waals surface area (Å²) in [6.07, 6.45) is 0. The van der Waals surface area contributed by atoms with Gasteiger partial charge in [-0.05, 0) is 14.5 Å². The zero-order valence-corrected chi connectivity index (χ0v) is 15.5. The Morgan fingerprint density at radius 1 is 1.23 bits per heavy atom. The van der Waals surface area contributed by atoms with Crippen molar-refractivity contribution in [2.24, 2.45) is 5.73 Å². The Bertz CT molecular complexity index is 219. The number of nitrogens with two attached hydrogens (primary N) is 1. The van der Waals surface area contributed by atoms with Gasteiger partial charge in [0.1, 0.15) is 5.02 Å². The summed E-state index contributed by atoms with van der Waals surface area (Å²) in [5.74, 6) is 0. The smallest absolute Gasteiger partial charge is 0.809 e. The second kappa shape index (κ2) is 7.08. The molecule has 0 bridgehead atoms. The summed E-state index contributed by atoms with van der Waals surface area (Å²) >= 11 is 0. The van der Waals surface area contributed by atoms with Crippen LogP contribution < -0.4 is 118 Å². The van der Waals surface area contributed by atoms with Gasteiger partial charge in [-0.3, -0.25) is 4.57 Å². The molecular formula is C2H7K2NO6P2. The third kappa shape index (κ3) is 6.14. The van der Waals surface area contributed by atoms with Gasteiger partial charge in [-0.15, -0.1) is 0 Å². The van der Waals surface area contributed by atoms with Crippen LogP contribution in [0.15, 0.2) is 0 Å². The first-order chi connectivity index (χ1) is 4.50. The molecule has 13 heavy (non-hydrogen) atoms. The van der Waals surface area contributed by atoms with E-state index in [1.165, 1.54) is 0 Å². The zero-order valence-electron chi connectivity index (χ0n) is 7.50. The molecule has 0 spiro atoms. The van der Waals surface area contributed by atoms with E-state index in [4.69, 9.17) is 9.79 Å². The minimum Gasteiger partial charge on any atom is -0.809 e. The molecule has 0 heterocycles. The van der Waals surface area contributed by atoms with Crippen molar-refractivity contribution in [3.8, 4) is 0 Å². The molecule has 0 radical (unpaired) electrons. The van der Waals surface area contributed by atoms with E-state index in [2.05, 4.69) is 5.73 Å². The van der Waals surface area contributed by atoms with Crippen LogP contribution in [0.3, 0.4) is 0 Å². The van der Waals surface area contributed by atoms with Gasteiger partial charge in [-0.1, -0.05) is 0 Å². The SMILES string of the molecule is CC(N)(P(=O)([O-])[O-])P(=O)(O)O.[K+].[K+]. The third-order valence-electron chi connectivity index (χ3n) is 1.14. The van der Waals surface area contributed by atoms with E-state index in [0.717, 1.165) is 0 Å². The van der Waals surface area contributed by atoms with E-state index in [9.17, 15) is 18.9 Å². The molecule has 0 aromatic rings. The maximum absolute atomic E-state index is 10.3. The molecule has 0 rings (SSSR count). The van der Waals surface area contributed by atoms with Gasteiger partial charge >= 0.3 is 110 Å². The Morgan fingerprint density at radius 3 is 1.46 bits per heavy atom. The monoisotopic (exact) mass is 281 g/mol. The van der Waals surface area contributed by atoms with E-state index in [1.54, 1.807) is 0 Å². The van der Waals surface area contributed by atoms with Crippen LogP contribution in [0.2, 0.25) is 0 Å². The van der Waals surface area contributed by atoms with Crippen LogP contribution in [0.1, 0.15) is 6.92 Å². The average Bonchev–Trinajstić information content (AvgIpc) is 1.58. The van der Waals surface area contributed by atoms with Crippen LogP contribution in [-0.4, -0.2) is 14.8 Å². The quantitative estimate of drug-likeness (QED) is 0.336. The fourth-order valence-corrected chi connectivity index (χ4v) is 1.44. The number of rotatable bonds is 2. The minimum absolute atomic E-state index is 0. The summed E-state index contributed by atoms with van der Waals surface area (Å²) in [6.45, 7) is 0.481.